The Kier molecular flexibility index (Phi) is 18.6. The van der Waals surface area contributed by atoms with E-state index in [1.807, 2.05) is 0 Å². The molecule has 0 unspecified atom stereocenters. The van der Waals surface area contributed by atoms with Crippen LogP contribution in [-0.2, 0) is 0 Å². The summed E-state index contributed by atoms with van der Waals surface area (Å²) in [5.74, 6) is 0. The monoisotopic (exact) mass is 170 g/mol. The lowest BCUT2D eigenvalue weighted by Crippen LogP contribution is -1.66. The van der Waals surface area contributed by atoms with Gasteiger partial charge < -0.3 is 5.48 Å². The van der Waals surface area contributed by atoms with Crippen LogP contribution in [0.1, 0.15) is 0 Å². The first kappa shape index (κ1) is 15.8. The Morgan fingerprint density at radius 1 is 0.667 bits per heavy atom. The third kappa shape index (κ3) is 7.62. The maximum absolute atomic E-state index is 3.72. The van der Waals surface area contributed by atoms with Gasteiger partial charge in [-0.1, -0.05) is 0 Å². The second kappa shape index (κ2) is 10.6. The van der Waals surface area contributed by atoms with E-state index in [9.17, 15) is 0 Å². The van der Waals surface area contributed by atoms with E-state index in [-0.39, 0.29) is 30.3 Å². The number of hydrogen-bond donors (Lipinski definition) is 0. The smallest absolute Gasteiger partial charge is 0.0451 e. The van der Waals surface area contributed by atoms with Gasteiger partial charge in [-0.3, -0.25) is 9.97 Å². The second-order valence-electron chi connectivity index (χ2n) is 0.894. The van der Waals surface area contributed by atoms with Crippen molar-refractivity contribution in [2.75, 3.05) is 0 Å². The minimum Gasteiger partial charge on any atom is -0.412 e. The molecule has 0 saturated carbocycles. The number of hydrogen-bond acceptors (Lipinski definition) is 2. The Hall–Kier alpha value is -0.380. The molecule has 0 spiro atoms. The summed E-state index contributed by atoms with van der Waals surface area (Å²) in [5.41, 5.74) is 0. The van der Waals surface area contributed by atoms with Crippen molar-refractivity contribution in [1.82, 2.24) is 9.97 Å². The van der Waals surface area contributed by atoms with Crippen LogP contribution in [0.15, 0.2) is 24.8 Å². The molecule has 0 aliphatic heterocycles. The zero-order valence-corrected chi connectivity index (χ0v) is 6.15. The SMILES string of the molecule is Cl.Cl.O.c1cnccn1. The predicted octanol–water partition coefficient (Wildman–Crippen LogP) is 0.495. The van der Waals surface area contributed by atoms with Crippen LogP contribution in [0.3, 0.4) is 0 Å². The molecule has 1 heterocycles. The lowest BCUT2D eigenvalue weighted by atomic mass is 10.8. The molecule has 0 bridgehead atoms. The number of nitrogens with zero attached hydrogens (tertiary/aromatic N) is 2. The van der Waals surface area contributed by atoms with Crippen molar-refractivity contribution in [2.45, 2.75) is 0 Å². The lowest BCUT2D eigenvalue weighted by Gasteiger charge is -1.70. The third-order valence-electron chi connectivity index (χ3n) is 0.478. The van der Waals surface area contributed by atoms with Crippen molar-refractivity contribution >= 4 is 24.8 Å². The third-order valence-corrected chi connectivity index (χ3v) is 0.478. The molecule has 1 aromatic heterocycles. The second-order valence-corrected chi connectivity index (χ2v) is 0.894. The molecule has 0 aliphatic carbocycles. The fourth-order valence-electron chi connectivity index (χ4n) is 0.253. The Morgan fingerprint density at radius 2 is 0.889 bits per heavy atom. The minimum absolute atomic E-state index is 0. The van der Waals surface area contributed by atoms with E-state index < -0.39 is 0 Å². The lowest BCUT2D eigenvalue weighted by molar-refractivity contribution is 0.824. The van der Waals surface area contributed by atoms with Gasteiger partial charge in [-0.2, -0.15) is 0 Å². The molecule has 0 radical (unpaired) electrons. The average Bonchev–Trinajstić information content (AvgIpc) is 1.72. The summed E-state index contributed by atoms with van der Waals surface area (Å²) in [7, 11) is 0. The van der Waals surface area contributed by atoms with Gasteiger partial charge in [0.05, 0.1) is 0 Å². The van der Waals surface area contributed by atoms with Crippen LogP contribution in [0.4, 0.5) is 0 Å². The Labute approximate surface area is 65.7 Å². The summed E-state index contributed by atoms with van der Waals surface area (Å²) >= 11 is 0. The van der Waals surface area contributed by atoms with Gasteiger partial charge in [-0.15, -0.1) is 24.8 Å². The fourth-order valence-corrected chi connectivity index (χ4v) is 0.253. The van der Waals surface area contributed by atoms with Crippen LogP contribution in [0.2, 0.25) is 0 Å². The van der Waals surface area contributed by atoms with Crippen molar-refractivity contribution in [3.63, 3.8) is 0 Å². The van der Waals surface area contributed by atoms with E-state index >= 15 is 0 Å². The molecule has 0 amide bonds. The summed E-state index contributed by atoms with van der Waals surface area (Å²) in [5, 5.41) is 0. The van der Waals surface area contributed by atoms with Gasteiger partial charge in [0, 0.05) is 24.8 Å². The van der Waals surface area contributed by atoms with E-state index in [1.165, 1.54) is 0 Å². The van der Waals surface area contributed by atoms with Crippen LogP contribution in [0.25, 0.3) is 0 Å². The molecule has 0 aliphatic rings. The summed E-state index contributed by atoms with van der Waals surface area (Å²) in [6, 6.07) is 0. The molecule has 0 aromatic carbocycles. The number of aromatic nitrogens is 2. The first-order valence-corrected chi connectivity index (χ1v) is 1.70. The highest BCUT2D eigenvalue weighted by molar-refractivity contribution is 5.85. The van der Waals surface area contributed by atoms with Gasteiger partial charge >= 0.3 is 0 Å². The van der Waals surface area contributed by atoms with Crippen LogP contribution in [-0.4, -0.2) is 15.4 Å². The molecule has 9 heavy (non-hydrogen) atoms. The summed E-state index contributed by atoms with van der Waals surface area (Å²) in [6.45, 7) is 0. The zero-order valence-electron chi connectivity index (χ0n) is 4.52. The Balaban J connectivity index is -0.000000120. The quantitative estimate of drug-likeness (QED) is 0.570. The Morgan fingerprint density at radius 3 is 1.00 bits per heavy atom. The molecule has 54 valence electrons. The molecule has 2 N–H and O–H groups in total. The van der Waals surface area contributed by atoms with Crippen molar-refractivity contribution in [1.29, 1.82) is 0 Å². The largest absolute Gasteiger partial charge is 0.412 e. The molecule has 0 saturated heterocycles. The standard InChI is InChI=1S/C4H4N2.2ClH.H2O/c1-2-6-4-3-5-1;;;/h1-4H;2*1H;1H2. The first-order valence-electron chi connectivity index (χ1n) is 1.70. The maximum atomic E-state index is 3.72. The molecule has 3 nitrogen and oxygen atoms in total. The molecular formula is C4H8Cl2N2O. The molecular weight excluding hydrogens is 163 g/mol. The van der Waals surface area contributed by atoms with Crippen LogP contribution >= 0.6 is 24.8 Å². The average molecular weight is 171 g/mol. The normalized spacial score (nSPS) is 5.33. The van der Waals surface area contributed by atoms with Gasteiger partial charge in [0.1, 0.15) is 0 Å². The summed E-state index contributed by atoms with van der Waals surface area (Å²) in [4.78, 5) is 7.44. The highest BCUT2D eigenvalue weighted by Crippen LogP contribution is 1.65. The topological polar surface area (TPSA) is 57.3 Å². The van der Waals surface area contributed by atoms with E-state index in [4.69, 9.17) is 0 Å². The van der Waals surface area contributed by atoms with Crippen molar-refractivity contribution in [3.05, 3.63) is 24.8 Å². The van der Waals surface area contributed by atoms with Crippen molar-refractivity contribution in [3.8, 4) is 0 Å². The molecule has 5 heteroatoms. The summed E-state index contributed by atoms with van der Waals surface area (Å²) < 4.78 is 0. The van der Waals surface area contributed by atoms with Crippen LogP contribution in [0.5, 0.6) is 0 Å². The number of rotatable bonds is 0. The highest BCUT2D eigenvalue weighted by atomic mass is 35.5. The maximum Gasteiger partial charge on any atom is 0.0451 e. The van der Waals surface area contributed by atoms with Gasteiger partial charge in [-0.25, -0.2) is 0 Å². The van der Waals surface area contributed by atoms with E-state index in [0.717, 1.165) is 0 Å². The van der Waals surface area contributed by atoms with Crippen LogP contribution < -0.4 is 0 Å². The molecule has 0 fully saturated rings. The summed E-state index contributed by atoms with van der Waals surface area (Å²) in [6.07, 6.45) is 6.56. The predicted molar refractivity (Wildman–Crippen MR) is 40.1 cm³/mol. The Bertz CT molecular complexity index is 88.5. The fraction of sp³-hybridized carbons (Fsp3) is 0. The zero-order chi connectivity index (χ0) is 4.24. The van der Waals surface area contributed by atoms with E-state index in [1.54, 1.807) is 24.8 Å². The van der Waals surface area contributed by atoms with E-state index in [0.29, 0.717) is 0 Å². The first-order chi connectivity index (χ1) is 3.00. The van der Waals surface area contributed by atoms with E-state index in [2.05, 4.69) is 9.97 Å². The van der Waals surface area contributed by atoms with Gasteiger partial charge in [0.25, 0.3) is 0 Å². The van der Waals surface area contributed by atoms with Gasteiger partial charge in [0.15, 0.2) is 0 Å². The van der Waals surface area contributed by atoms with Gasteiger partial charge in [0.2, 0.25) is 0 Å². The number of halogens is 2. The van der Waals surface area contributed by atoms with Crippen molar-refractivity contribution in [2.24, 2.45) is 0 Å². The molecule has 1 aromatic rings. The minimum atomic E-state index is 0. The highest BCUT2D eigenvalue weighted by Gasteiger charge is 1.59. The molecule has 1 rings (SSSR count). The van der Waals surface area contributed by atoms with Crippen molar-refractivity contribution < 1.29 is 5.48 Å². The molecule has 0 atom stereocenters. The van der Waals surface area contributed by atoms with Crippen LogP contribution in [0, 0.1) is 0 Å². The van der Waals surface area contributed by atoms with Gasteiger partial charge in [-0.05, 0) is 0 Å².